The van der Waals surface area contributed by atoms with E-state index in [9.17, 15) is 4.79 Å². The number of benzene rings is 1. The second-order valence-corrected chi connectivity index (χ2v) is 8.61. The standard InChI is InChI=1S/C24H27N7O.ClH/c1-16-14-25-15-31(16)22-12-17(6-9-26-22)23(32)24-27-20-5-4-19(13-21(20)28-24)30-10-7-18(8-11-30)29(2)3;/h4-6,9,12-15,18H,7-8,10-11H2,1-3H3,(H,27,28);1H. The number of carbonyl (C=O) groups is 1. The Hall–Kier alpha value is -3.23. The maximum Gasteiger partial charge on any atom is 0.228 e. The van der Waals surface area contributed by atoms with Gasteiger partial charge < -0.3 is 14.8 Å². The number of imidazole rings is 2. The van der Waals surface area contributed by atoms with Crippen LogP contribution in [0.1, 0.15) is 34.7 Å². The summed E-state index contributed by atoms with van der Waals surface area (Å²) in [6, 6.07) is 10.3. The number of hydrogen-bond acceptors (Lipinski definition) is 6. The first-order chi connectivity index (χ1) is 15.5. The van der Waals surface area contributed by atoms with Gasteiger partial charge in [0, 0.05) is 48.5 Å². The van der Waals surface area contributed by atoms with Gasteiger partial charge >= 0.3 is 0 Å². The number of piperidine rings is 1. The third kappa shape index (κ3) is 4.49. The van der Waals surface area contributed by atoms with Gasteiger partial charge in [0.15, 0.2) is 5.82 Å². The van der Waals surface area contributed by atoms with Crippen molar-refractivity contribution in [3.8, 4) is 5.82 Å². The Morgan fingerprint density at radius 2 is 1.94 bits per heavy atom. The molecule has 3 aromatic heterocycles. The summed E-state index contributed by atoms with van der Waals surface area (Å²) in [4.78, 5) is 34.2. The molecule has 0 spiro atoms. The topological polar surface area (TPSA) is 82.9 Å². The largest absolute Gasteiger partial charge is 0.371 e. The van der Waals surface area contributed by atoms with Gasteiger partial charge in [0.2, 0.25) is 5.78 Å². The highest BCUT2D eigenvalue weighted by atomic mass is 35.5. The molecule has 172 valence electrons. The molecule has 0 bridgehead atoms. The van der Waals surface area contributed by atoms with E-state index < -0.39 is 0 Å². The Balaban J connectivity index is 0.00000259. The second-order valence-electron chi connectivity index (χ2n) is 8.61. The lowest BCUT2D eigenvalue weighted by Crippen LogP contribution is -2.41. The molecular formula is C24H28ClN7O. The van der Waals surface area contributed by atoms with E-state index in [1.54, 1.807) is 30.9 Å². The molecule has 33 heavy (non-hydrogen) atoms. The van der Waals surface area contributed by atoms with E-state index in [-0.39, 0.29) is 18.2 Å². The molecule has 1 N–H and O–H groups in total. The summed E-state index contributed by atoms with van der Waals surface area (Å²) < 4.78 is 1.85. The first kappa shape index (κ1) is 22.9. The van der Waals surface area contributed by atoms with E-state index in [0.717, 1.165) is 42.7 Å². The molecule has 0 amide bonds. The monoisotopic (exact) mass is 465 g/mol. The van der Waals surface area contributed by atoms with Gasteiger partial charge in [-0.3, -0.25) is 9.36 Å². The van der Waals surface area contributed by atoms with E-state index in [1.165, 1.54) is 5.69 Å². The van der Waals surface area contributed by atoms with Crippen molar-refractivity contribution in [2.75, 3.05) is 32.1 Å². The van der Waals surface area contributed by atoms with E-state index in [2.05, 4.69) is 56.0 Å². The van der Waals surface area contributed by atoms with Crippen molar-refractivity contribution in [3.63, 3.8) is 0 Å². The zero-order valence-corrected chi connectivity index (χ0v) is 19.8. The summed E-state index contributed by atoms with van der Waals surface area (Å²) in [7, 11) is 4.30. The maximum atomic E-state index is 13.1. The van der Waals surface area contributed by atoms with Crippen molar-refractivity contribution in [1.29, 1.82) is 0 Å². The highest BCUT2D eigenvalue weighted by Gasteiger charge is 2.22. The zero-order chi connectivity index (χ0) is 22.2. The quantitative estimate of drug-likeness (QED) is 0.453. The number of pyridine rings is 1. The van der Waals surface area contributed by atoms with Crippen molar-refractivity contribution >= 4 is 34.9 Å². The van der Waals surface area contributed by atoms with E-state index in [0.29, 0.717) is 23.2 Å². The van der Waals surface area contributed by atoms with Gasteiger partial charge in [0.05, 0.1) is 11.0 Å². The van der Waals surface area contributed by atoms with Crippen LogP contribution in [0.3, 0.4) is 0 Å². The predicted octanol–water partition coefficient (Wildman–Crippen LogP) is 3.64. The van der Waals surface area contributed by atoms with E-state index >= 15 is 0 Å². The summed E-state index contributed by atoms with van der Waals surface area (Å²) in [6.07, 6.45) is 7.39. The van der Waals surface area contributed by atoms with Crippen molar-refractivity contribution < 1.29 is 4.79 Å². The molecule has 9 heteroatoms. The van der Waals surface area contributed by atoms with Crippen LogP contribution in [0.4, 0.5) is 5.69 Å². The summed E-state index contributed by atoms with van der Waals surface area (Å²) in [6.45, 7) is 4.01. The molecule has 1 saturated heterocycles. The molecule has 4 aromatic rings. The third-order valence-corrected chi connectivity index (χ3v) is 6.32. The number of H-pyrrole nitrogens is 1. The zero-order valence-electron chi connectivity index (χ0n) is 19.0. The number of nitrogens with zero attached hydrogens (tertiary/aromatic N) is 6. The molecule has 0 atom stereocenters. The number of aromatic amines is 1. The minimum atomic E-state index is -0.157. The molecule has 1 fully saturated rings. The van der Waals surface area contributed by atoms with Gasteiger partial charge in [-0.2, -0.15) is 0 Å². The number of anilines is 1. The lowest BCUT2D eigenvalue weighted by Gasteiger charge is -2.36. The maximum absolute atomic E-state index is 13.1. The highest BCUT2D eigenvalue weighted by Crippen LogP contribution is 2.25. The fraction of sp³-hybridized carbons (Fsp3) is 0.333. The predicted molar refractivity (Wildman–Crippen MR) is 132 cm³/mol. The highest BCUT2D eigenvalue weighted by molar-refractivity contribution is 6.08. The number of nitrogens with one attached hydrogen (secondary N) is 1. The molecule has 1 aliphatic rings. The fourth-order valence-electron chi connectivity index (χ4n) is 4.37. The van der Waals surface area contributed by atoms with Gasteiger partial charge in [0.25, 0.3) is 0 Å². The lowest BCUT2D eigenvalue weighted by molar-refractivity contribution is 0.103. The van der Waals surface area contributed by atoms with Crippen LogP contribution < -0.4 is 4.90 Å². The summed E-state index contributed by atoms with van der Waals surface area (Å²) >= 11 is 0. The molecule has 8 nitrogen and oxygen atoms in total. The Morgan fingerprint density at radius 1 is 1.15 bits per heavy atom. The van der Waals surface area contributed by atoms with Crippen molar-refractivity contribution in [2.24, 2.45) is 0 Å². The van der Waals surface area contributed by atoms with Gasteiger partial charge in [-0.05, 0) is 64.2 Å². The molecule has 0 aliphatic carbocycles. The molecule has 0 saturated carbocycles. The summed E-state index contributed by atoms with van der Waals surface area (Å²) in [5, 5.41) is 0. The number of aromatic nitrogens is 5. The lowest BCUT2D eigenvalue weighted by atomic mass is 10.0. The number of fused-ring (bicyclic) bond motifs is 1. The Morgan fingerprint density at radius 3 is 2.64 bits per heavy atom. The van der Waals surface area contributed by atoms with Crippen molar-refractivity contribution in [3.05, 3.63) is 66.1 Å². The van der Waals surface area contributed by atoms with Crippen LogP contribution in [0, 0.1) is 6.92 Å². The average Bonchev–Trinajstić information content (AvgIpc) is 3.44. The summed E-state index contributed by atoms with van der Waals surface area (Å²) in [5.41, 5.74) is 4.32. The van der Waals surface area contributed by atoms with Crippen LogP contribution in [0.25, 0.3) is 16.9 Å². The van der Waals surface area contributed by atoms with Crippen LogP contribution in [0.15, 0.2) is 49.1 Å². The van der Waals surface area contributed by atoms with Crippen LogP contribution in [0.5, 0.6) is 0 Å². The number of hydrogen-bond donors (Lipinski definition) is 1. The molecule has 4 heterocycles. The van der Waals surface area contributed by atoms with Crippen LogP contribution in [-0.4, -0.2) is 68.4 Å². The Labute approximate surface area is 199 Å². The minimum Gasteiger partial charge on any atom is -0.371 e. The summed E-state index contributed by atoms with van der Waals surface area (Å²) in [5.74, 6) is 0.837. The molecule has 0 radical (unpaired) electrons. The Kier molecular flexibility index (Phi) is 6.49. The van der Waals surface area contributed by atoms with Gasteiger partial charge in [-0.15, -0.1) is 12.4 Å². The van der Waals surface area contributed by atoms with Crippen molar-refractivity contribution in [1.82, 2.24) is 29.4 Å². The number of halogens is 1. The minimum absolute atomic E-state index is 0. The normalized spacial score (nSPS) is 14.6. The third-order valence-electron chi connectivity index (χ3n) is 6.32. The number of aryl methyl sites for hydroxylation is 1. The van der Waals surface area contributed by atoms with Gasteiger partial charge in [-0.25, -0.2) is 15.0 Å². The SMILES string of the molecule is Cc1cncn1-c1cc(C(=O)c2nc3ccc(N4CCC(N(C)C)CC4)cc3[nH]2)ccn1.Cl. The molecule has 1 aliphatic heterocycles. The molecule has 5 rings (SSSR count). The van der Waals surface area contributed by atoms with Crippen LogP contribution in [-0.2, 0) is 0 Å². The number of rotatable bonds is 5. The van der Waals surface area contributed by atoms with Gasteiger partial charge in [0.1, 0.15) is 12.1 Å². The Bertz CT molecular complexity index is 1270. The number of ketones is 1. The number of carbonyl (C=O) groups excluding carboxylic acids is 1. The van der Waals surface area contributed by atoms with Crippen LogP contribution >= 0.6 is 12.4 Å². The first-order valence-corrected chi connectivity index (χ1v) is 10.9. The van der Waals surface area contributed by atoms with Crippen LogP contribution in [0.2, 0.25) is 0 Å². The molecular weight excluding hydrogens is 438 g/mol. The second kappa shape index (κ2) is 9.33. The fourth-order valence-corrected chi connectivity index (χ4v) is 4.37. The molecule has 0 unspecified atom stereocenters. The van der Waals surface area contributed by atoms with Crippen molar-refractivity contribution in [2.45, 2.75) is 25.8 Å². The smallest absolute Gasteiger partial charge is 0.228 e. The van der Waals surface area contributed by atoms with E-state index in [1.807, 2.05) is 17.6 Å². The molecule has 1 aromatic carbocycles. The van der Waals surface area contributed by atoms with E-state index in [4.69, 9.17) is 0 Å². The average molecular weight is 466 g/mol. The first-order valence-electron chi connectivity index (χ1n) is 10.9. The van der Waals surface area contributed by atoms with Gasteiger partial charge in [-0.1, -0.05) is 0 Å².